The zero-order chi connectivity index (χ0) is 19.8. The Morgan fingerprint density at radius 3 is 2.30 bits per heavy atom. The number of nitrogens with one attached hydrogen (secondary N) is 1. The van der Waals surface area contributed by atoms with Gasteiger partial charge in [-0.1, -0.05) is 39.0 Å². The van der Waals surface area contributed by atoms with Gasteiger partial charge in [-0.25, -0.2) is 8.42 Å². The summed E-state index contributed by atoms with van der Waals surface area (Å²) in [5, 5.41) is 2.87. The molecule has 0 unspecified atom stereocenters. The van der Waals surface area contributed by atoms with Crippen LogP contribution in [0.5, 0.6) is 0 Å². The highest BCUT2D eigenvalue weighted by Gasteiger charge is 2.29. The fourth-order valence-electron chi connectivity index (χ4n) is 3.19. The van der Waals surface area contributed by atoms with Crippen LogP contribution >= 0.6 is 0 Å². The summed E-state index contributed by atoms with van der Waals surface area (Å²) in [6.07, 6.45) is 0.623. The number of anilines is 2. The molecule has 1 aliphatic rings. The first-order chi connectivity index (χ1) is 12.6. The molecule has 0 aliphatic carbocycles. The molecule has 5 nitrogen and oxygen atoms in total. The van der Waals surface area contributed by atoms with Crippen LogP contribution in [0.2, 0.25) is 0 Å². The van der Waals surface area contributed by atoms with Crippen molar-refractivity contribution in [2.24, 2.45) is 0 Å². The van der Waals surface area contributed by atoms with Crippen molar-refractivity contribution < 1.29 is 13.2 Å². The maximum absolute atomic E-state index is 12.6. The zero-order valence-electron chi connectivity index (χ0n) is 16.2. The molecule has 27 heavy (non-hydrogen) atoms. The van der Waals surface area contributed by atoms with Gasteiger partial charge in [0.15, 0.2) is 0 Å². The number of hydrogen-bond acceptors (Lipinski definition) is 3. The highest BCUT2D eigenvalue weighted by molar-refractivity contribution is 7.93. The molecule has 1 aliphatic heterocycles. The normalized spacial score (nSPS) is 16.4. The van der Waals surface area contributed by atoms with Crippen LogP contribution in [0.15, 0.2) is 42.5 Å². The summed E-state index contributed by atoms with van der Waals surface area (Å²) >= 11 is 0. The van der Waals surface area contributed by atoms with Crippen molar-refractivity contribution in [3.05, 3.63) is 59.2 Å². The summed E-state index contributed by atoms with van der Waals surface area (Å²) in [7, 11) is -3.26. The molecule has 2 aromatic carbocycles. The molecule has 1 saturated heterocycles. The van der Waals surface area contributed by atoms with Crippen molar-refractivity contribution in [2.75, 3.05) is 21.9 Å². The third kappa shape index (κ3) is 4.16. The molecule has 0 saturated carbocycles. The summed E-state index contributed by atoms with van der Waals surface area (Å²) in [6.45, 7) is 8.74. The van der Waals surface area contributed by atoms with Gasteiger partial charge in [0.2, 0.25) is 10.0 Å². The summed E-state index contributed by atoms with van der Waals surface area (Å²) in [5.74, 6) is -0.0436. The van der Waals surface area contributed by atoms with Gasteiger partial charge in [-0.05, 0) is 54.2 Å². The average molecular weight is 387 g/mol. The molecule has 0 bridgehead atoms. The second-order valence-electron chi connectivity index (χ2n) is 8.02. The lowest BCUT2D eigenvalue weighted by Gasteiger charge is -2.20. The number of carbonyl (C=O) groups is 1. The molecular weight excluding hydrogens is 360 g/mol. The topological polar surface area (TPSA) is 66.5 Å². The SMILES string of the molecule is Cc1ccc(NC(=O)c2ccc(C(C)(C)C)cc2)cc1N1CCCS1(=O)=O. The van der Waals surface area contributed by atoms with Crippen LogP contribution < -0.4 is 9.62 Å². The van der Waals surface area contributed by atoms with Gasteiger partial charge in [0, 0.05) is 17.8 Å². The Labute approximate surface area is 161 Å². The number of nitrogens with zero attached hydrogens (tertiary/aromatic N) is 1. The van der Waals surface area contributed by atoms with E-state index in [1.165, 1.54) is 4.31 Å². The Hall–Kier alpha value is -2.34. The van der Waals surface area contributed by atoms with E-state index in [1.807, 2.05) is 37.3 Å². The third-order valence-corrected chi connectivity index (χ3v) is 6.70. The molecule has 6 heteroatoms. The Bertz CT molecular complexity index is 958. The van der Waals surface area contributed by atoms with Crippen molar-refractivity contribution >= 4 is 27.3 Å². The average Bonchev–Trinajstić information content (AvgIpc) is 2.95. The monoisotopic (exact) mass is 386 g/mol. The molecule has 1 fully saturated rings. The van der Waals surface area contributed by atoms with E-state index < -0.39 is 10.0 Å². The van der Waals surface area contributed by atoms with Crippen molar-refractivity contribution in [2.45, 2.75) is 39.5 Å². The molecule has 0 spiro atoms. The maximum Gasteiger partial charge on any atom is 0.255 e. The Morgan fingerprint density at radius 2 is 1.74 bits per heavy atom. The van der Waals surface area contributed by atoms with E-state index in [-0.39, 0.29) is 17.1 Å². The van der Waals surface area contributed by atoms with Crippen molar-refractivity contribution in [3.63, 3.8) is 0 Å². The predicted octanol–water partition coefficient (Wildman–Crippen LogP) is 4.08. The van der Waals surface area contributed by atoms with Crippen LogP contribution in [0.1, 0.15) is 48.7 Å². The quantitative estimate of drug-likeness (QED) is 0.864. The number of rotatable bonds is 3. The van der Waals surface area contributed by atoms with Gasteiger partial charge in [0.1, 0.15) is 0 Å². The van der Waals surface area contributed by atoms with Crippen LogP contribution in [0.3, 0.4) is 0 Å². The molecule has 3 rings (SSSR count). The van der Waals surface area contributed by atoms with Gasteiger partial charge in [0.05, 0.1) is 11.4 Å². The summed E-state index contributed by atoms with van der Waals surface area (Å²) < 4.78 is 25.9. The number of aryl methyl sites for hydroxylation is 1. The number of hydrogen-bond donors (Lipinski definition) is 1. The van der Waals surface area contributed by atoms with E-state index in [0.717, 1.165) is 11.1 Å². The van der Waals surface area contributed by atoms with Gasteiger partial charge < -0.3 is 5.32 Å². The minimum atomic E-state index is -3.26. The van der Waals surface area contributed by atoms with E-state index in [0.29, 0.717) is 29.9 Å². The van der Waals surface area contributed by atoms with Crippen molar-refractivity contribution in [1.82, 2.24) is 0 Å². The van der Waals surface area contributed by atoms with E-state index in [4.69, 9.17) is 0 Å². The van der Waals surface area contributed by atoms with Crippen molar-refractivity contribution in [3.8, 4) is 0 Å². The van der Waals surface area contributed by atoms with Gasteiger partial charge in [-0.2, -0.15) is 0 Å². The van der Waals surface area contributed by atoms with Gasteiger partial charge in [-0.3, -0.25) is 9.10 Å². The third-order valence-electron chi connectivity index (χ3n) is 4.85. The largest absolute Gasteiger partial charge is 0.322 e. The Morgan fingerprint density at radius 1 is 1.07 bits per heavy atom. The zero-order valence-corrected chi connectivity index (χ0v) is 17.1. The molecule has 1 heterocycles. The minimum Gasteiger partial charge on any atom is -0.322 e. The molecule has 0 aromatic heterocycles. The summed E-state index contributed by atoms with van der Waals surface area (Å²) in [4.78, 5) is 12.6. The number of sulfonamides is 1. The fourth-order valence-corrected chi connectivity index (χ4v) is 4.81. The van der Waals surface area contributed by atoms with Crippen molar-refractivity contribution in [1.29, 1.82) is 0 Å². The van der Waals surface area contributed by atoms with Gasteiger partial charge in [-0.15, -0.1) is 0 Å². The van der Waals surface area contributed by atoms with Crippen LogP contribution in [0.25, 0.3) is 0 Å². The molecule has 0 radical (unpaired) electrons. The van der Waals surface area contributed by atoms with Gasteiger partial charge in [0.25, 0.3) is 5.91 Å². The van der Waals surface area contributed by atoms with E-state index in [9.17, 15) is 13.2 Å². The first kappa shape index (κ1) is 19.4. The van der Waals surface area contributed by atoms with Crippen LogP contribution in [0.4, 0.5) is 11.4 Å². The highest BCUT2D eigenvalue weighted by atomic mass is 32.2. The van der Waals surface area contributed by atoms with Crippen LogP contribution in [-0.4, -0.2) is 26.6 Å². The summed E-state index contributed by atoms with van der Waals surface area (Å²) in [6, 6.07) is 12.9. The maximum atomic E-state index is 12.6. The smallest absolute Gasteiger partial charge is 0.255 e. The lowest BCUT2D eigenvalue weighted by atomic mass is 9.87. The number of amides is 1. The number of carbonyl (C=O) groups excluding carboxylic acids is 1. The molecule has 1 amide bonds. The van der Waals surface area contributed by atoms with E-state index in [1.54, 1.807) is 12.1 Å². The molecule has 144 valence electrons. The van der Waals surface area contributed by atoms with E-state index in [2.05, 4.69) is 26.1 Å². The first-order valence-corrected chi connectivity index (χ1v) is 10.7. The fraction of sp³-hybridized carbons (Fsp3) is 0.381. The van der Waals surface area contributed by atoms with Crippen LogP contribution in [0, 0.1) is 6.92 Å². The number of benzene rings is 2. The molecule has 1 N–H and O–H groups in total. The summed E-state index contributed by atoms with van der Waals surface area (Å²) in [5.41, 5.74) is 3.85. The Kier molecular flexibility index (Phi) is 5.04. The van der Waals surface area contributed by atoms with Gasteiger partial charge >= 0.3 is 0 Å². The lowest BCUT2D eigenvalue weighted by Crippen LogP contribution is -2.26. The standard InChI is InChI=1S/C21H26N2O3S/c1-15-6-11-18(14-19(15)23-12-5-13-27(23,25)26)22-20(24)16-7-9-17(10-8-16)21(2,3)4/h6-11,14H,5,12-13H2,1-4H3,(H,22,24). The molecular formula is C21H26N2O3S. The molecule has 2 aromatic rings. The second-order valence-corrected chi connectivity index (χ2v) is 10.0. The first-order valence-electron chi connectivity index (χ1n) is 9.11. The minimum absolute atomic E-state index is 0.0298. The highest BCUT2D eigenvalue weighted by Crippen LogP contribution is 2.30. The lowest BCUT2D eigenvalue weighted by molar-refractivity contribution is 0.102. The van der Waals surface area contributed by atoms with E-state index >= 15 is 0 Å². The Balaban J connectivity index is 1.82. The van der Waals surface area contributed by atoms with Crippen LogP contribution in [-0.2, 0) is 15.4 Å². The molecule has 0 atom stereocenters. The second kappa shape index (κ2) is 7.00. The predicted molar refractivity (Wildman–Crippen MR) is 110 cm³/mol.